The predicted octanol–water partition coefficient (Wildman–Crippen LogP) is 5.93. The molecule has 8 heteroatoms. The number of rotatable bonds is 6. The Labute approximate surface area is 215 Å². The topological polar surface area (TPSA) is 72.7 Å². The van der Waals surface area contributed by atoms with Gasteiger partial charge < -0.3 is 19.3 Å². The number of allylic oxidation sites excluding steroid dienone is 1. The highest BCUT2D eigenvalue weighted by molar-refractivity contribution is 7.80. The second-order valence-electron chi connectivity index (χ2n) is 8.48. The monoisotopic (exact) mass is 498 g/mol. The fourth-order valence-electron chi connectivity index (χ4n) is 4.33. The van der Waals surface area contributed by atoms with Crippen LogP contribution in [0.3, 0.4) is 0 Å². The Morgan fingerprint density at radius 3 is 2.22 bits per heavy atom. The number of nitrogens with zero attached hydrogens (tertiary/aromatic N) is 3. The van der Waals surface area contributed by atoms with Crippen LogP contribution in [0, 0.1) is 6.92 Å². The summed E-state index contributed by atoms with van der Waals surface area (Å²) in [5, 5.41) is 8.37. The summed E-state index contributed by atoms with van der Waals surface area (Å²) in [6, 6.07) is 23.4. The summed E-state index contributed by atoms with van der Waals surface area (Å²) in [6.45, 7) is 4.09. The van der Waals surface area contributed by atoms with Crippen LogP contribution < -0.4 is 19.7 Å². The minimum Gasteiger partial charge on any atom is -0.497 e. The first-order valence-corrected chi connectivity index (χ1v) is 11.9. The van der Waals surface area contributed by atoms with Crippen LogP contribution in [0.4, 0.5) is 5.69 Å². The van der Waals surface area contributed by atoms with Crippen molar-refractivity contribution in [1.29, 1.82) is 0 Å². The van der Waals surface area contributed by atoms with E-state index >= 15 is 0 Å². The summed E-state index contributed by atoms with van der Waals surface area (Å²) in [5.41, 5.74) is 5.70. The molecule has 36 heavy (non-hydrogen) atoms. The number of benzene rings is 3. The van der Waals surface area contributed by atoms with Crippen LogP contribution in [0.5, 0.6) is 11.5 Å². The number of aromatic nitrogens is 2. The van der Waals surface area contributed by atoms with Crippen LogP contribution >= 0.6 is 12.2 Å². The van der Waals surface area contributed by atoms with Crippen molar-refractivity contribution in [2.45, 2.75) is 19.9 Å². The van der Waals surface area contributed by atoms with E-state index in [0.717, 1.165) is 45.1 Å². The van der Waals surface area contributed by atoms with E-state index in [4.69, 9.17) is 31.2 Å². The smallest absolute Gasteiger partial charge is 0.258 e. The second kappa shape index (κ2) is 9.83. The van der Waals surface area contributed by atoms with Gasteiger partial charge >= 0.3 is 0 Å². The number of ether oxygens (including phenoxy) is 2. The number of nitrogens with one attached hydrogen (secondary N) is 1. The van der Waals surface area contributed by atoms with Gasteiger partial charge in [-0.25, -0.2) is 0 Å². The molecule has 1 atom stereocenters. The number of methoxy groups -OCH3 is 2. The van der Waals surface area contributed by atoms with Gasteiger partial charge in [0.25, 0.3) is 5.89 Å². The van der Waals surface area contributed by atoms with Crippen molar-refractivity contribution in [3.05, 3.63) is 95.5 Å². The van der Waals surface area contributed by atoms with E-state index in [9.17, 15) is 0 Å². The first-order chi connectivity index (χ1) is 17.5. The maximum atomic E-state index is 5.84. The van der Waals surface area contributed by atoms with Crippen molar-refractivity contribution >= 4 is 28.6 Å². The zero-order valence-electron chi connectivity index (χ0n) is 20.5. The van der Waals surface area contributed by atoms with E-state index in [1.165, 1.54) is 0 Å². The first-order valence-electron chi connectivity index (χ1n) is 11.5. The molecule has 7 nitrogen and oxygen atoms in total. The van der Waals surface area contributed by atoms with E-state index < -0.39 is 0 Å². The largest absolute Gasteiger partial charge is 0.497 e. The maximum absolute atomic E-state index is 5.84. The Morgan fingerprint density at radius 1 is 0.917 bits per heavy atom. The third-order valence-electron chi connectivity index (χ3n) is 6.20. The lowest BCUT2D eigenvalue weighted by Crippen LogP contribution is -2.46. The highest BCUT2D eigenvalue weighted by Crippen LogP contribution is 2.39. The molecule has 0 saturated carbocycles. The Balaban J connectivity index is 1.62. The van der Waals surface area contributed by atoms with Crippen LogP contribution in [0.25, 0.3) is 17.0 Å². The van der Waals surface area contributed by atoms with E-state index in [0.29, 0.717) is 16.8 Å². The molecule has 0 spiro atoms. The van der Waals surface area contributed by atoms with Gasteiger partial charge in [-0.15, -0.1) is 0 Å². The first kappa shape index (κ1) is 23.6. The number of thiocarbonyl (C=S) groups is 1. The van der Waals surface area contributed by atoms with Crippen molar-refractivity contribution < 1.29 is 14.0 Å². The Kier molecular flexibility index (Phi) is 6.43. The molecule has 1 N–H and O–H groups in total. The van der Waals surface area contributed by atoms with Crippen LogP contribution in [0.1, 0.15) is 30.0 Å². The third-order valence-corrected chi connectivity index (χ3v) is 6.50. The Bertz CT molecular complexity index is 1430. The van der Waals surface area contributed by atoms with E-state index in [1.807, 2.05) is 72.5 Å². The van der Waals surface area contributed by atoms with Gasteiger partial charge in [0.2, 0.25) is 5.82 Å². The van der Waals surface area contributed by atoms with Crippen molar-refractivity contribution in [3.8, 4) is 22.9 Å². The van der Waals surface area contributed by atoms with Gasteiger partial charge in [-0.3, -0.25) is 4.90 Å². The van der Waals surface area contributed by atoms with Crippen molar-refractivity contribution in [3.63, 3.8) is 0 Å². The van der Waals surface area contributed by atoms with Crippen LogP contribution in [0.15, 0.2) is 83.0 Å². The van der Waals surface area contributed by atoms with Crippen molar-refractivity contribution in [2.75, 3.05) is 19.1 Å². The summed E-state index contributed by atoms with van der Waals surface area (Å²) >= 11 is 5.84. The van der Waals surface area contributed by atoms with Gasteiger partial charge in [-0.2, -0.15) is 4.98 Å². The number of hydrogen-bond acceptors (Lipinski definition) is 6. The normalized spacial score (nSPS) is 15.6. The Morgan fingerprint density at radius 2 is 1.58 bits per heavy atom. The molecule has 0 amide bonds. The maximum Gasteiger partial charge on any atom is 0.258 e. The zero-order chi connectivity index (χ0) is 25.2. The van der Waals surface area contributed by atoms with Crippen molar-refractivity contribution in [2.24, 2.45) is 0 Å². The minimum atomic E-state index is -0.284. The lowest BCUT2D eigenvalue weighted by atomic mass is 9.94. The molecule has 5 rings (SSSR count). The summed E-state index contributed by atoms with van der Waals surface area (Å²) in [6.07, 6.45) is 0. The molecule has 1 unspecified atom stereocenters. The molecule has 0 saturated heterocycles. The van der Waals surface area contributed by atoms with Crippen molar-refractivity contribution in [1.82, 2.24) is 15.5 Å². The second-order valence-corrected chi connectivity index (χ2v) is 8.87. The summed E-state index contributed by atoms with van der Waals surface area (Å²) in [4.78, 5) is 6.79. The third kappa shape index (κ3) is 4.43. The lowest BCUT2D eigenvalue weighted by Gasteiger charge is -2.37. The molecule has 1 aliphatic rings. The lowest BCUT2D eigenvalue weighted by molar-refractivity contribution is 0.403. The molecule has 1 aliphatic heterocycles. The molecule has 2 heterocycles. The quantitative estimate of drug-likeness (QED) is 0.328. The predicted molar refractivity (Wildman–Crippen MR) is 144 cm³/mol. The van der Waals surface area contributed by atoms with Gasteiger partial charge in [0.15, 0.2) is 5.11 Å². The van der Waals surface area contributed by atoms with Crippen LogP contribution in [-0.4, -0.2) is 29.5 Å². The van der Waals surface area contributed by atoms with Crippen LogP contribution in [0.2, 0.25) is 0 Å². The molecular weight excluding hydrogens is 472 g/mol. The minimum absolute atomic E-state index is 0.284. The SMILES string of the molecule is COc1ccc(-c2noc(C3=C(C)N(c4cccc(C)c4)C(=S)NC3c3ccc(OC)cc3)n2)cc1. The number of aryl methyl sites for hydroxylation is 1. The average Bonchev–Trinajstić information content (AvgIpc) is 3.38. The molecule has 0 fully saturated rings. The van der Waals surface area contributed by atoms with Gasteiger partial charge in [0, 0.05) is 16.9 Å². The highest BCUT2D eigenvalue weighted by Gasteiger charge is 2.34. The average molecular weight is 499 g/mol. The molecule has 182 valence electrons. The van der Waals surface area contributed by atoms with E-state index in [1.54, 1.807) is 14.2 Å². The summed E-state index contributed by atoms with van der Waals surface area (Å²) in [5.74, 6) is 2.46. The molecule has 0 radical (unpaired) electrons. The fourth-order valence-corrected chi connectivity index (χ4v) is 4.69. The standard InChI is InChI=1S/C28H26N4O3S/c1-17-6-5-7-21(16-17)32-18(2)24(25(29-28(32)36)19-8-12-22(33-3)13-9-19)27-30-26(31-35-27)20-10-14-23(34-4)15-11-20/h5-16,25H,1-4H3,(H,29,36). The molecular formula is C28H26N4O3S. The fraction of sp³-hybridized carbons (Fsp3) is 0.179. The van der Waals surface area contributed by atoms with Gasteiger partial charge in [-0.05, 0) is 85.7 Å². The highest BCUT2D eigenvalue weighted by atomic mass is 32.1. The van der Waals surface area contributed by atoms with Gasteiger partial charge in [0.05, 0.1) is 25.8 Å². The van der Waals surface area contributed by atoms with E-state index in [-0.39, 0.29) is 6.04 Å². The Hall–Kier alpha value is -4.17. The number of hydrogen-bond donors (Lipinski definition) is 1. The number of anilines is 1. The summed E-state index contributed by atoms with van der Waals surface area (Å²) in [7, 11) is 3.29. The molecule has 1 aromatic heterocycles. The molecule has 0 aliphatic carbocycles. The zero-order valence-corrected chi connectivity index (χ0v) is 21.3. The van der Waals surface area contributed by atoms with Gasteiger partial charge in [-0.1, -0.05) is 29.4 Å². The van der Waals surface area contributed by atoms with Gasteiger partial charge in [0.1, 0.15) is 11.5 Å². The van der Waals surface area contributed by atoms with Crippen LogP contribution in [-0.2, 0) is 0 Å². The summed E-state index contributed by atoms with van der Waals surface area (Å²) < 4.78 is 16.5. The molecule has 3 aromatic carbocycles. The molecule has 0 bridgehead atoms. The van der Waals surface area contributed by atoms with E-state index in [2.05, 4.69) is 29.5 Å². The molecule has 4 aromatic rings.